The molecular formula is C49H54. The van der Waals surface area contributed by atoms with Gasteiger partial charge in [0.05, 0.1) is 0 Å². The number of hydrogen-bond acceptors (Lipinski definition) is 0. The Morgan fingerprint density at radius 3 is 1.31 bits per heavy atom. The Morgan fingerprint density at radius 1 is 0.531 bits per heavy atom. The lowest BCUT2D eigenvalue weighted by Crippen LogP contribution is -2.22. The first-order valence-electron chi connectivity index (χ1n) is 18.5. The molecule has 0 aromatic heterocycles. The monoisotopic (exact) mass is 642 g/mol. The molecule has 49 heavy (non-hydrogen) atoms. The van der Waals surface area contributed by atoms with Gasteiger partial charge in [-0.2, -0.15) is 0 Å². The lowest BCUT2D eigenvalue weighted by molar-refractivity contribution is 0.494. The molecule has 0 radical (unpaired) electrons. The van der Waals surface area contributed by atoms with Crippen LogP contribution in [0.3, 0.4) is 0 Å². The van der Waals surface area contributed by atoms with Crippen LogP contribution in [-0.4, -0.2) is 0 Å². The van der Waals surface area contributed by atoms with Crippen molar-refractivity contribution in [2.75, 3.05) is 0 Å². The van der Waals surface area contributed by atoms with Crippen LogP contribution in [0, 0.1) is 39.5 Å². The topological polar surface area (TPSA) is 0 Å². The van der Waals surface area contributed by atoms with Gasteiger partial charge in [-0.15, -0.1) is 0 Å². The van der Waals surface area contributed by atoms with Crippen LogP contribution in [0.4, 0.5) is 0 Å². The normalized spacial score (nSPS) is 21.9. The van der Waals surface area contributed by atoms with E-state index in [1.54, 1.807) is 0 Å². The molecule has 7 rings (SSSR count). The van der Waals surface area contributed by atoms with Crippen molar-refractivity contribution in [3.05, 3.63) is 164 Å². The summed E-state index contributed by atoms with van der Waals surface area (Å²) in [5.41, 5.74) is 25.6. The van der Waals surface area contributed by atoms with Gasteiger partial charge in [0, 0.05) is 11.8 Å². The summed E-state index contributed by atoms with van der Waals surface area (Å²) in [6.45, 7) is 27.2. The first-order chi connectivity index (χ1) is 23.4. The van der Waals surface area contributed by atoms with Crippen LogP contribution in [-0.2, 0) is 6.42 Å². The molecule has 0 heterocycles. The van der Waals surface area contributed by atoms with Crippen LogP contribution < -0.4 is 0 Å². The number of benzene rings is 4. The number of allylic oxidation sites excluding steroid dienone is 6. The Labute approximate surface area is 296 Å². The zero-order valence-corrected chi connectivity index (χ0v) is 31.2. The minimum Gasteiger partial charge on any atom is -0.0998 e. The molecule has 0 heteroatoms. The van der Waals surface area contributed by atoms with E-state index < -0.39 is 0 Å². The maximum atomic E-state index is 4.51. The Bertz CT molecular complexity index is 1920. The van der Waals surface area contributed by atoms with E-state index in [1.165, 1.54) is 113 Å². The van der Waals surface area contributed by atoms with Crippen LogP contribution >= 0.6 is 0 Å². The molecule has 0 saturated heterocycles. The summed E-state index contributed by atoms with van der Waals surface area (Å²) in [6.07, 6.45) is 5.60. The third-order valence-corrected chi connectivity index (χ3v) is 12.3. The first-order valence-corrected chi connectivity index (χ1v) is 18.5. The zero-order chi connectivity index (χ0) is 34.7. The van der Waals surface area contributed by atoms with E-state index in [2.05, 4.69) is 141 Å². The lowest BCUT2D eigenvalue weighted by Gasteiger charge is -2.37. The van der Waals surface area contributed by atoms with Gasteiger partial charge in [0.25, 0.3) is 0 Å². The van der Waals surface area contributed by atoms with Gasteiger partial charge in [0.1, 0.15) is 0 Å². The van der Waals surface area contributed by atoms with Crippen molar-refractivity contribution >= 4 is 11.1 Å². The molecule has 250 valence electrons. The summed E-state index contributed by atoms with van der Waals surface area (Å²) in [5.74, 6) is 1.58. The maximum Gasteiger partial charge on any atom is 0.0163 e. The number of fused-ring (bicyclic) bond motifs is 3. The molecular weight excluding hydrogens is 589 g/mol. The molecule has 4 atom stereocenters. The van der Waals surface area contributed by atoms with E-state index in [0.29, 0.717) is 23.7 Å². The van der Waals surface area contributed by atoms with Crippen LogP contribution in [0.15, 0.2) is 108 Å². The third-order valence-electron chi connectivity index (χ3n) is 12.3. The van der Waals surface area contributed by atoms with E-state index in [0.717, 1.165) is 19.3 Å². The van der Waals surface area contributed by atoms with Crippen molar-refractivity contribution in [3.8, 4) is 11.1 Å². The average Bonchev–Trinajstić information content (AvgIpc) is 3.41. The largest absolute Gasteiger partial charge is 0.0998 e. The molecule has 3 aliphatic carbocycles. The van der Waals surface area contributed by atoms with Crippen LogP contribution in [0.5, 0.6) is 0 Å². The second-order valence-electron chi connectivity index (χ2n) is 16.0. The summed E-state index contributed by atoms with van der Waals surface area (Å²) in [5, 5.41) is 0. The molecule has 4 aromatic carbocycles. The van der Waals surface area contributed by atoms with Gasteiger partial charge in [0.15, 0.2) is 0 Å². The van der Waals surface area contributed by atoms with Gasteiger partial charge >= 0.3 is 0 Å². The highest BCUT2D eigenvalue weighted by molar-refractivity contribution is 5.85. The maximum absolute atomic E-state index is 4.51. The van der Waals surface area contributed by atoms with Gasteiger partial charge in [-0.05, 0) is 166 Å². The molecule has 0 fully saturated rings. The summed E-state index contributed by atoms with van der Waals surface area (Å²) < 4.78 is 0. The molecule has 2 unspecified atom stereocenters. The van der Waals surface area contributed by atoms with Gasteiger partial charge in [0.2, 0.25) is 0 Å². The second-order valence-corrected chi connectivity index (χ2v) is 16.0. The van der Waals surface area contributed by atoms with Gasteiger partial charge in [-0.3, -0.25) is 0 Å². The smallest absolute Gasteiger partial charge is 0.0163 e. The molecule has 0 aliphatic heterocycles. The Kier molecular flexibility index (Phi) is 8.81. The van der Waals surface area contributed by atoms with Crippen LogP contribution in [0.2, 0.25) is 0 Å². The fraction of sp³-hybridized carbons (Fsp3) is 0.347. The molecule has 0 N–H and O–H groups in total. The summed E-state index contributed by atoms with van der Waals surface area (Å²) >= 11 is 0. The molecule has 4 aromatic rings. The molecule has 0 saturated carbocycles. The molecule has 0 spiro atoms. The van der Waals surface area contributed by atoms with Gasteiger partial charge < -0.3 is 0 Å². The number of aryl methyl sites for hydroxylation is 4. The Morgan fingerprint density at radius 2 is 0.939 bits per heavy atom. The third kappa shape index (κ3) is 5.92. The fourth-order valence-corrected chi connectivity index (χ4v) is 9.83. The molecule has 0 nitrogen and oxygen atoms in total. The van der Waals surface area contributed by atoms with Crippen molar-refractivity contribution in [1.82, 2.24) is 0 Å². The minimum absolute atomic E-state index is 0.338. The fourth-order valence-electron chi connectivity index (χ4n) is 9.83. The summed E-state index contributed by atoms with van der Waals surface area (Å²) in [6, 6.07) is 28.8. The Hall–Kier alpha value is -4.16. The predicted octanol–water partition coefficient (Wildman–Crippen LogP) is 13.6. The summed E-state index contributed by atoms with van der Waals surface area (Å²) in [7, 11) is 0. The number of rotatable bonds is 6. The average molecular weight is 643 g/mol. The molecule has 0 amide bonds. The SMILES string of the molecule is C=C(C)[C@@H]1CCC(C)=C(c2ccc3c(c2)Cc2cc(C4=C(C)CC[C@@H](C(=C)C)C4c4ccc(C)cc4C)ccc2-3)C1c1ccc(C)cc1C. The van der Waals surface area contributed by atoms with Crippen molar-refractivity contribution < 1.29 is 0 Å². The lowest BCUT2D eigenvalue weighted by atomic mass is 9.67. The second kappa shape index (κ2) is 12.9. The quantitative estimate of drug-likeness (QED) is 0.162. The zero-order valence-electron chi connectivity index (χ0n) is 31.2. The summed E-state index contributed by atoms with van der Waals surface area (Å²) in [4.78, 5) is 0. The van der Waals surface area contributed by atoms with Crippen molar-refractivity contribution in [2.45, 2.75) is 99.3 Å². The highest BCUT2D eigenvalue weighted by Gasteiger charge is 2.36. The van der Waals surface area contributed by atoms with Gasteiger partial charge in [-0.25, -0.2) is 0 Å². The standard InChI is InChI=1S/C49H54/c1-28(2)40-19-13-32(7)46(48(40)42-17-11-30(5)23-34(42)9)36-15-21-44-38(25-36)27-39-26-37(16-22-45(39)44)47-33(8)14-20-41(29(3)4)49(47)43-18-12-31(6)24-35(43)10/h11-12,15-18,21-26,40-41,48-49H,1,3,13-14,19-20,27H2,2,4-10H3/t40-,41-,48?,49?/m0/s1. The van der Waals surface area contributed by atoms with Crippen LogP contribution in [0.25, 0.3) is 22.3 Å². The van der Waals surface area contributed by atoms with E-state index in [4.69, 9.17) is 0 Å². The van der Waals surface area contributed by atoms with Crippen molar-refractivity contribution in [1.29, 1.82) is 0 Å². The Balaban J connectivity index is 1.28. The van der Waals surface area contributed by atoms with E-state index in [9.17, 15) is 0 Å². The van der Waals surface area contributed by atoms with E-state index in [-0.39, 0.29) is 0 Å². The van der Waals surface area contributed by atoms with Crippen molar-refractivity contribution in [3.63, 3.8) is 0 Å². The van der Waals surface area contributed by atoms with Gasteiger partial charge in [-0.1, -0.05) is 119 Å². The van der Waals surface area contributed by atoms with E-state index >= 15 is 0 Å². The first kappa shape index (κ1) is 33.3. The highest BCUT2D eigenvalue weighted by Crippen LogP contribution is 2.53. The minimum atomic E-state index is 0.338. The molecule has 0 bridgehead atoms. The molecule has 3 aliphatic rings. The van der Waals surface area contributed by atoms with Crippen LogP contribution in [0.1, 0.15) is 121 Å². The number of hydrogen-bond donors (Lipinski definition) is 0. The van der Waals surface area contributed by atoms with E-state index in [1.807, 2.05) is 0 Å². The predicted molar refractivity (Wildman–Crippen MR) is 212 cm³/mol. The van der Waals surface area contributed by atoms with Crippen molar-refractivity contribution in [2.24, 2.45) is 11.8 Å². The highest BCUT2D eigenvalue weighted by atomic mass is 14.4.